The summed E-state index contributed by atoms with van der Waals surface area (Å²) in [5, 5.41) is 3.00. The minimum atomic E-state index is -0.230. The largest absolute Gasteiger partial charge is 0.320 e. The van der Waals surface area contributed by atoms with E-state index >= 15 is 0 Å². The van der Waals surface area contributed by atoms with Crippen molar-refractivity contribution in [1.29, 1.82) is 0 Å². The van der Waals surface area contributed by atoms with Gasteiger partial charge in [0.1, 0.15) is 0 Å². The van der Waals surface area contributed by atoms with Crippen LogP contribution in [0.3, 0.4) is 0 Å². The molecule has 4 rings (SSSR count). The molecule has 6 heteroatoms. The van der Waals surface area contributed by atoms with Gasteiger partial charge in [0.15, 0.2) is 5.82 Å². The van der Waals surface area contributed by atoms with Gasteiger partial charge in [-0.25, -0.2) is 4.98 Å². The van der Waals surface area contributed by atoms with Crippen molar-refractivity contribution in [1.82, 2.24) is 9.88 Å². The lowest BCUT2D eigenvalue weighted by atomic mass is 10.00. The number of nitrogens with zero attached hydrogens (tertiary/aromatic N) is 3. The standard InChI is InChI=1S/C22H26N4O2/c1-3-15-12-18-19(13-16(15)4-2)26(20(27)14-25-10-5-6-11-25)21-17(22(28)24-18)8-7-9-23-21/h7-9,12-13H,3-6,10-11,14H2,1-2H3,(H,24,28). The van der Waals surface area contributed by atoms with Gasteiger partial charge >= 0.3 is 0 Å². The van der Waals surface area contributed by atoms with Crippen molar-refractivity contribution < 1.29 is 9.59 Å². The van der Waals surface area contributed by atoms with Crippen LogP contribution in [0, 0.1) is 0 Å². The molecular weight excluding hydrogens is 352 g/mol. The Balaban J connectivity index is 1.86. The van der Waals surface area contributed by atoms with Crippen LogP contribution in [0.4, 0.5) is 17.2 Å². The molecule has 1 N–H and O–H groups in total. The second-order valence-corrected chi connectivity index (χ2v) is 7.39. The Bertz CT molecular complexity index is 919. The molecule has 0 bridgehead atoms. The van der Waals surface area contributed by atoms with E-state index in [2.05, 4.69) is 29.0 Å². The Morgan fingerprint density at radius 3 is 2.57 bits per heavy atom. The smallest absolute Gasteiger partial charge is 0.259 e. The maximum Gasteiger partial charge on any atom is 0.259 e. The first-order valence-corrected chi connectivity index (χ1v) is 10.1. The van der Waals surface area contributed by atoms with E-state index in [1.807, 2.05) is 12.1 Å². The van der Waals surface area contributed by atoms with Crippen molar-refractivity contribution in [2.45, 2.75) is 39.5 Å². The van der Waals surface area contributed by atoms with Gasteiger partial charge in [-0.2, -0.15) is 0 Å². The molecule has 146 valence electrons. The Morgan fingerprint density at radius 1 is 1.14 bits per heavy atom. The van der Waals surface area contributed by atoms with Gasteiger partial charge in [0.25, 0.3) is 5.91 Å². The third kappa shape index (κ3) is 3.29. The predicted molar refractivity (Wildman–Crippen MR) is 110 cm³/mol. The second kappa shape index (κ2) is 7.72. The molecule has 0 aliphatic carbocycles. The van der Waals surface area contributed by atoms with Crippen LogP contribution < -0.4 is 10.2 Å². The number of pyridine rings is 1. The summed E-state index contributed by atoms with van der Waals surface area (Å²) < 4.78 is 0. The van der Waals surface area contributed by atoms with E-state index in [-0.39, 0.29) is 11.8 Å². The van der Waals surface area contributed by atoms with Gasteiger partial charge in [-0.15, -0.1) is 0 Å². The number of anilines is 3. The third-order valence-corrected chi connectivity index (χ3v) is 5.62. The molecule has 0 atom stereocenters. The summed E-state index contributed by atoms with van der Waals surface area (Å²) in [6, 6.07) is 7.50. The number of benzene rings is 1. The fraction of sp³-hybridized carbons (Fsp3) is 0.409. The molecule has 0 saturated carbocycles. The lowest BCUT2D eigenvalue weighted by Crippen LogP contribution is -2.37. The average molecular weight is 378 g/mol. The fourth-order valence-corrected chi connectivity index (χ4v) is 4.13. The summed E-state index contributed by atoms with van der Waals surface area (Å²) in [7, 11) is 0. The normalized spacial score (nSPS) is 16.4. The number of fused-ring (bicyclic) bond motifs is 2. The monoisotopic (exact) mass is 378 g/mol. The van der Waals surface area contributed by atoms with Gasteiger partial charge in [0, 0.05) is 6.20 Å². The first-order chi connectivity index (χ1) is 13.6. The topological polar surface area (TPSA) is 65.5 Å². The number of aromatic nitrogens is 1. The summed E-state index contributed by atoms with van der Waals surface area (Å²) in [5.74, 6) is 0.132. The summed E-state index contributed by atoms with van der Waals surface area (Å²) in [4.78, 5) is 34.5. The highest BCUT2D eigenvalue weighted by molar-refractivity contribution is 6.17. The van der Waals surface area contributed by atoms with E-state index in [9.17, 15) is 9.59 Å². The number of rotatable bonds is 4. The molecule has 0 unspecified atom stereocenters. The molecule has 1 saturated heterocycles. The van der Waals surface area contributed by atoms with Crippen LogP contribution in [0.1, 0.15) is 48.2 Å². The summed E-state index contributed by atoms with van der Waals surface area (Å²) in [6.07, 6.45) is 5.62. The second-order valence-electron chi connectivity index (χ2n) is 7.39. The van der Waals surface area contributed by atoms with Gasteiger partial charge < -0.3 is 5.32 Å². The van der Waals surface area contributed by atoms with E-state index in [0.717, 1.165) is 38.8 Å². The fourth-order valence-electron chi connectivity index (χ4n) is 4.13. The van der Waals surface area contributed by atoms with E-state index < -0.39 is 0 Å². The van der Waals surface area contributed by atoms with Crippen molar-refractivity contribution in [3.63, 3.8) is 0 Å². The summed E-state index contributed by atoms with van der Waals surface area (Å²) >= 11 is 0. The SMILES string of the molecule is CCc1cc2c(cc1CC)N(C(=O)CN1CCCC1)c1ncccc1C(=O)N2. The molecule has 2 amide bonds. The molecule has 1 aromatic carbocycles. The maximum atomic E-state index is 13.4. The summed E-state index contributed by atoms with van der Waals surface area (Å²) in [6.45, 7) is 6.42. The van der Waals surface area contributed by atoms with Crippen LogP contribution >= 0.6 is 0 Å². The van der Waals surface area contributed by atoms with Crippen molar-refractivity contribution in [3.05, 3.63) is 47.2 Å². The van der Waals surface area contributed by atoms with Crippen LogP contribution in [-0.2, 0) is 17.6 Å². The number of hydrogen-bond donors (Lipinski definition) is 1. The first kappa shape index (κ1) is 18.6. The molecule has 3 heterocycles. The number of aryl methyl sites for hydroxylation is 2. The Hall–Kier alpha value is -2.73. The van der Waals surface area contributed by atoms with Gasteiger partial charge in [-0.1, -0.05) is 13.8 Å². The van der Waals surface area contributed by atoms with Gasteiger partial charge in [-0.05, 0) is 74.2 Å². The van der Waals surface area contributed by atoms with Crippen LogP contribution in [-0.4, -0.2) is 41.3 Å². The lowest BCUT2D eigenvalue weighted by molar-refractivity contribution is -0.118. The van der Waals surface area contributed by atoms with Gasteiger partial charge in [0.2, 0.25) is 5.91 Å². The van der Waals surface area contributed by atoms with Gasteiger partial charge in [0.05, 0.1) is 23.5 Å². The zero-order chi connectivity index (χ0) is 19.7. The minimum absolute atomic E-state index is 0.0501. The zero-order valence-corrected chi connectivity index (χ0v) is 16.5. The Morgan fingerprint density at radius 2 is 1.86 bits per heavy atom. The predicted octanol–water partition coefficient (Wildman–Crippen LogP) is 3.53. The van der Waals surface area contributed by atoms with Crippen molar-refractivity contribution in [2.75, 3.05) is 29.9 Å². The molecule has 2 aliphatic rings. The van der Waals surface area contributed by atoms with E-state index in [0.29, 0.717) is 29.3 Å². The molecular formula is C22H26N4O2. The van der Waals surface area contributed by atoms with E-state index in [1.54, 1.807) is 23.2 Å². The highest BCUT2D eigenvalue weighted by Gasteiger charge is 2.32. The third-order valence-electron chi connectivity index (χ3n) is 5.62. The van der Waals surface area contributed by atoms with Crippen molar-refractivity contribution in [3.8, 4) is 0 Å². The molecule has 0 spiro atoms. The molecule has 1 aromatic heterocycles. The molecule has 2 aliphatic heterocycles. The number of nitrogens with one attached hydrogen (secondary N) is 1. The van der Waals surface area contributed by atoms with E-state index in [1.165, 1.54) is 11.1 Å². The quantitative estimate of drug-likeness (QED) is 0.884. The van der Waals surface area contributed by atoms with Crippen LogP contribution in [0.15, 0.2) is 30.5 Å². The first-order valence-electron chi connectivity index (χ1n) is 10.1. The van der Waals surface area contributed by atoms with Crippen LogP contribution in [0.25, 0.3) is 0 Å². The molecule has 0 radical (unpaired) electrons. The average Bonchev–Trinajstić information content (AvgIpc) is 3.17. The number of hydrogen-bond acceptors (Lipinski definition) is 4. The number of amides is 2. The van der Waals surface area contributed by atoms with Crippen LogP contribution in [0.5, 0.6) is 0 Å². The minimum Gasteiger partial charge on any atom is -0.320 e. The van der Waals surface area contributed by atoms with Crippen LogP contribution in [0.2, 0.25) is 0 Å². The summed E-state index contributed by atoms with van der Waals surface area (Å²) in [5.41, 5.74) is 4.18. The zero-order valence-electron chi connectivity index (χ0n) is 16.5. The highest BCUT2D eigenvalue weighted by Crippen LogP contribution is 2.39. The van der Waals surface area contributed by atoms with Gasteiger partial charge in [-0.3, -0.25) is 19.4 Å². The Labute approximate surface area is 165 Å². The number of likely N-dealkylation sites (tertiary alicyclic amines) is 1. The lowest BCUT2D eigenvalue weighted by Gasteiger charge is -2.26. The Kier molecular flexibility index (Phi) is 5.13. The van der Waals surface area contributed by atoms with Crippen molar-refractivity contribution in [2.24, 2.45) is 0 Å². The van der Waals surface area contributed by atoms with Crippen molar-refractivity contribution >= 4 is 29.0 Å². The molecule has 1 fully saturated rings. The molecule has 28 heavy (non-hydrogen) atoms. The molecule has 6 nitrogen and oxygen atoms in total. The number of carbonyl (C=O) groups is 2. The van der Waals surface area contributed by atoms with E-state index in [4.69, 9.17) is 0 Å². The maximum absolute atomic E-state index is 13.4. The molecule has 2 aromatic rings. The number of carbonyl (C=O) groups excluding carboxylic acids is 2. The highest BCUT2D eigenvalue weighted by atomic mass is 16.2.